The quantitative estimate of drug-likeness (QED) is 0.819. The SMILES string of the molecule is CCCCc1nccn1CC(=O)O.Cl. The maximum Gasteiger partial charge on any atom is 0.323 e. The van der Waals surface area contributed by atoms with E-state index in [1.54, 1.807) is 17.0 Å². The summed E-state index contributed by atoms with van der Waals surface area (Å²) in [6.07, 6.45) is 6.36. The van der Waals surface area contributed by atoms with Crippen LogP contribution < -0.4 is 0 Å². The van der Waals surface area contributed by atoms with Gasteiger partial charge in [-0.1, -0.05) is 13.3 Å². The van der Waals surface area contributed by atoms with Crippen molar-refractivity contribution < 1.29 is 9.90 Å². The molecule has 1 aromatic rings. The number of aliphatic carboxylic acids is 1. The molecular weight excluding hydrogens is 204 g/mol. The average Bonchev–Trinajstić information content (AvgIpc) is 2.48. The van der Waals surface area contributed by atoms with Crippen molar-refractivity contribution in [2.75, 3.05) is 0 Å². The summed E-state index contributed by atoms with van der Waals surface area (Å²) < 4.78 is 1.68. The zero-order valence-corrected chi connectivity index (χ0v) is 8.96. The molecule has 1 N–H and O–H groups in total. The summed E-state index contributed by atoms with van der Waals surface area (Å²) >= 11 is 0. The monoisotopic (exact) mass is 218 g/mol. The second-order valence-electron chi connectivity index (χ2n) is 2.97. The lowest BCUT2D eigenvalue weighted by molar-refractivity contribution is -0.137. The van der Waals surface area contributed by atoms with Crippen LogP contribution in [0.4, 0.5) is 0 Å². The van der Waals surface area contributed by atoms with Gasteiger partial charge in [0.2, 0.25) is 0 Å². The van der Waals surface area contributed by atoms with Gasteiger partial charge in [-0.3, -0.25) is 4.79 Å². The number of unbranched alkanes of at least 4 members (excludes halogenated alkanes) is 1. The molecule has 0 unspecified atom stereocenters. The first-order valence-corrected chi connectivity index (χ1v) is 4.46. The number of imidazole rings is 1. The fourth-order valence-electron chi connectivity index (χ4n) is 1.19. The third-order valence-electron chi connectivity index (χ3n) is 1.86. The van der Waals surface area contributed by atoms with Gasteiger partial charge in [-0.05, 0) is 6.42 Å². The molecule has 80 valence electrons. The van der Waals surface area contributed by atoms with Crippen molar-refractivity contribution in [1.82, 2.24) is 9.55 Å². The maximum absolute atomic E-state index is 10.4. The van der Waals surface area contributed by atoms with Crippen LogP contribution in [0.15, 0.2) is 12.4 Å². The molecule has 5 heteroatoms. The van der Waals surface area contributed by atoms with Gasteiger partial charge in [-0.2, -0.15) is 0 Å². The summed E-state index contributed by atoms with van der Waals surface area (Å²) in [7, 11) is 0. The highest BCUT2D eigenvalue weighted by molar-refractivity contribution is 5.85. The van der Waals surface area contributed by atoms with E-state index in [-0.39, 0.29) is 19.0 Å². The topological polar surface area (TPSA) is 55.1 Å². The van der Waals surface area contributed by atoms with E-state index >= 15 is 0 Å². The van der Waals surface area contributed by atoms with Crippen molar-refractivity contribution in [3.8, 4) is 0 Å². The van der Waals surface area contributed by atoms with E-state index in [0.717, 1.165) is 25.1 Å². The van der Waals surface area contributed by atoms with Gasteiger partial charge in [0, 0.05) is 18.8 Å². The van der Waals surface area contributed by atoms with Gasteiger partial charge in [0.1, 0.15) is 12.4 Å². The highest BCUT2D eigenvalue weighted by Crippen LogP contribution is 2.02. The Hall–Kier alpha value is -1.03. The molecule has 14 heavy (non-hydrogen) atoms. The number of rotatable bonds is 5. The molecule has 0 saturated carbocycles. The number of halogens is 1. The van der Waals surface area contributed by atoms with Crippen LogP contribution in [0.3, 0.4) is 0 Å². The lowest BCUT2D eigenvalue weighted by atomic mass is 10.2. The molecule has 0 amide bonds. The zero-order valence-electron chi connectivity index (χ0n) is 8.14. The Bertz CT molecular complexity index is 286. The van der Waals surface area contributed by atoms with Crippen LogP contribution in [0.25, 0.3) is 0 Å². The first-order valence-electron chi connectivity index (χ1n) is 4.46. The van der Waals surface area contributed by atoms with E-state index in [1.165, 1.54) is 0 Å². The van der Waals surface area contributed by atoms with Crippen LogP contribution in [0.5, 0.6) is 0 Å². The van der Waals surface area contributed by atoms with E-state index in [1.807, 2.05) is 0 Å². The summed E-state index contributed by atoms with van der Waals surface area (Å²) in [4.78, 5) is 14.6. The molecule has 0 aliphatic heterocycles. The first kappa shape index (κ1) is 13.0. The van der Waals surface area contributed by atoms with Gasteiger partial charge in [-0.25, -0.2) is 4.98 Å². The van der Waals surface area contributed by atoms with Gasteiger partial charge in [0.15, 0.2) is 0 Å². The molecule has 0 saturated heterocycles. The third-order valence-corrected chi connectivity index (χ3v) is 1.86. The number of aryl methyl sites for hydroxylation is 1. The average molecular weight is 219 g/mol. The van der Waals surface area contributed by atoms with Gasteiger partial charge >= 0.3 is 5.97 Å². The summed E-state index contributed by atoms with van der Waals surface area (Å²) in [5.41, 5.74) is 0. The van der Waals surface area contributed by atoms with Crippen molar-refractivity contribution >= 4 is 18.4 Å². The summed E-state index contributed by atoms with van der Waals surface area (Å²) in [5, 5.41) is 8.59. The molecule has 0 aliphatic carbocycles. The van der Waals surface area contributed by atoms with Gasteiger partial charge in [-0.15, -0.1) is 12.4 Å². The Kier molecular flexibility index (Phi) is 5.95. The number of carboxylic acids is 1. The van der Waals surface area contributed by atoms with Crippen molar-refractivity contribution in [2.24, 2.45) is 0 Å². The van der Waals surface area contributed by atoms with E-state index < -0.39 is 5.97 Å². The van der Waals surface area contributed by atoms with Crippen LogP contribution in [0.1, 0.15) is 25.6 Å². The van der Waals surface area contributed by atoms with E-state index in [9.17, 15) is 4.79 Å². The molecule has 0 spiro atoms. The second kappa shape index (κ2) is 6.43. The van der Waals surface area contributed by atoms with Gasteiger partial charge < -0.3 is 9.67 Å². The largest absolute Gasteiger partial charge is 0.480 e. The zero-order chi connectivity index (χ0) is 9.68. The van der Waals surface area contributed by atoms with Crippen molar-refractivity contribution in [3.63, 3.8) is 0 Å². The van der Waals surface area contributed by atoms with Crippen molar-refractivity contribution in [3.05, 3.63) is 18.2 Å². The first-order chi connectivity index (χ1) is 6.24. The molecule has 1 heterocycles. The number of hydrogen-bond acceptors (Lipinski definition) is 2. The Balaban J connectivity index is 0.00000169. The van der Waals surface area contributed by atoms with Crippen LogP contribution >= 0.6 is 12.4 Å². The van der Waals surface area contributed by atoms with Crippen molar-refractivity contribution in [2.45, 2.75) is 32.7 Å². The fourth-order valence-corrected chi connectivity index (χ4v) is 1.19. The predicted molar refractivity (Wildman–Crippen MR) is 55.7 cm³/mol. The minimum atomic E-state index is -0.823. The Morgan fingerprint density at radius 1 is 1.64 bits per heavy atom. The minimum Gasteiger partial charge on any atom is -0.480 e. The van der Waals surface area contributed by atoms with Crippen LogP contribution in [0.2, 0.25) is 0 Å². The highest BCUT2D eigenvalue weighted by Gasteiger charge is 2.04. The van der Waals surface area contributed by atoms with Crippen molar-refractivity contribution in [1.29, 1.82) is 0 Å². The molecule has 4 nitrogen and oxygen atoms in total. The highest BCUT2D eigenvalue weighted by atomic mass is 35.5. The summed E-state index contributed by atoms with van der Waals surface area (Å²) in [6.45, 7) is 2.11. The lowest BCUT2D eigenvalue weighted by Gasteiger charge is -2.03. The fraction of sp³-hybridized carbons (Fsp3) is 0.556. The third kappa shape index (κ3) is 3.79. The number of carbonyl (C=O) groups is 1. The molecule has 0 fully saturated rings. The molecular formula is C9H15ClN2O2. The lowest BCUT2D eigenvalue weighted by Crippen LogP contribution is -2.11. The molecule has 1 rings (SSSR count). The number of nitrogens with zero attached hydrogens (tertiary/aromatic N) is 2. The number of carboxylic acid groups (broad SMARTS) is 1. The van der Waals surface area contributed by atoms with Crippen LogP contribution in [0, 0.1) is 0 Å². The van der Waals surface area contributed by atoms with Gasteiger partial charge in [0.25, 0.3) is 0 Å². The normalized spacial score (nSPS) is 9.50. The van der Waals surface area contributed by atoms with E-state index in [4.69, 9.17) is 5.11 Å². The van der Waals surface area contributed by atoms with Gasteiger partial charge in [0.05, 0.1) is 0 Å². The Morgan fingerprint density at radius 2 is 2.36 bits per heavy atom. The molecule has 0 aromatic carbocycles. The van der Waals surface area contributed by atoms with E-state index in [0.29, 0.717) is 0 Å². The predicted octanol–water partition coefficient (Wildman–Crippen LogP) is 1.73. The Morgan fingerprint density at radius 3 is 2.93 bits per heavy atom. The van der Waals surface area contributed by atoms with Crippen LogP contribution in [-0.4, -0.2) is 20.6 Å². The van der Waals surface area contributed by atoms with E-state index in [2.05, 4.69) is 11.9 Å². The standard InChI is InChI=1S/C9H14N2O2.ClH/c1-2-3-4-8-10-5-6-11(8)7-9(12)13;/h5-6H,2-4,7H2,1H3,(H,12,13);1H. The van der Waals surface area contributed by atoms with Crippen LogP contribution in [-0.2, 0) is 17.8 Å². The summed E-state index contributed by atoms with van der Waals surface area (Å²) in [6, 6.07) is 0. The molecule has 0 bridgehead atoms. The number of hydrogen-bond donors (Lipinski definition) is 1. The molecule has 0 radical (unpaired) electrons. The molecule has 0 atom stereocenters. The summed E-state index contributed by atoms with van der Waals surface area (Å²) in [5.74, 6) is 0.0417. The minimum absolute atomic E-state index is 0. The maximum atomic E-state index is 10.4. The molecule has 1 aromatic heterocycles. The smallest absolute Gasteiger partial charge is 0.323 e. The molecule has 0 aliphatic rings. The Labute approximate surface area is 89.4 Å². The number of aromatic nitrogens is 2. The second-order valence-corrected chi connectivity index (χ2v) is 2.97.